The molecule has 0 saturated carbocycles. The number of aryl methyl sites for hydroxylation is 3. The molecule has 5 heteroatoms. The molecule has 0 aliphatic carbocycles. The summed E-state index contributed by atoms with van der Waals surface area (Å²) in [7, 11) is 0. The SMILES string of the molecule is CCc1cn(C(C)(C)c2ccccn2)c2cc(-c3c(C)noc3C)cnc12. The van der Waals surface area contributed by atoms with Crippen LogP contribution in [0.25, 0.3) is 22.2 Å². The van der Waals surface area contributed by atoms with Gasteiger partial charge in [0.1, 0.15) is 5.76 Å². The summed E-state index contributed by atoms with van der Waals surface area (Å²) in [6.07, 6.45) is 6.91. The summed E-state index contributed by atoms with van der Waals surface area (Å²) in [5, 5.41) is 4.09. The van der Waals surface area contributed by atoms with Gasteiger partial charge in [0.05, 0.1) is 28.0 Å². The van der Waals surface area contributed by atoms with E-state index < -0.39 is 0 Å². The molecule has 0 aliphatic heterocycles. The van der Waals surface area contributed by atoms with Crippen molar-refractivity contribution in [3.8, 4) is 11.1 Å². The first-order chi connectivity index (χ1) is 12.9. The Balaban J connectivity index is 1.97. The quantitative estimate of drug-likeness (QED) is 0.511. The first-order valence-corrected chi connectivity index (χ1v) is 9.28. The second-order valence-electron chi connectivity index (χ2n) is 7.44. The molecule has 4 rings (SSSR count). The minimum Gasteiger partial charge on any atom is -0.361 e. The topological polar surface area (TPSA) is 56.7 Å². The highest BCUT2D eigenvalue weighted by Crippen LogP contribution is 2.34. The molecule has 0 atom stereocenters. The van der Waals surface area contributed by atoms with E-state index in [0.717, 1.165) is 45.7 Å². The first-order valence-electron chi connectivity index (χ1n) is 9.28. The molecule has 0 aliphatic rings. The lowest BCUT2D eigenvalue weighted by Gasteiger charge is -2.27. The molecule has 0 spiro atoms. The van der Waals surface area contributed by atoms with Gasteiger partial charge < -0.3 is 9.09 Å². The zero-order chi connectivity index (χ0) is 19.2. The Morgan fingerprint density at radius 1 is 1.15 bits per heavy atom. The molecule has 4 aromatic heterocycles. The van der Waals surface area contributed by atoms with E-state index in [1.54, 1.807) is 0 Å². The van der Waals surface area contributed by atoms with E-state index in [9.17, 15) is 0 Å². The van der Waals surface area contributed by atoms with Gasteiger partial charge >= 0.3 is 0 Å². The van der Waals surface area contributed by atoms with Crippen molar-refractivity contribution >= 4 is 11.0 Å². The van der Waals surface area contributed by atoms with Crippen LogP contribution in [0.15, 0.2) is 47.4 Å². The fourth-order valence-corrected chi connectivity index (χ4v) is 3.77. The van der Waals surface area contributed by atoms with Crippen molar-refractivity contribution in [2.45, 2.75) is 46.6 Å². The highest BCUT2D eigenvalue weighted by molar-refractivity contribution is 5.85. The fraction of sp³-hybridized carbons (Fsp3) is 0.318. The molecular formula is C22H24N4O. The average molecular weight is 360 g/mol. The third-order valence-corrected chi connectivity index (χ3v) is 5.31. The maximum Gasteiger partial charge on any atom is 0.141 e. The fourth-order valence-electron chi connectivity index (χ4n) is 3.77. The zero-order valence-electron chi connectivity index (χ0n) is 16.4. The average Bonchev–Trinajstić information content (AvgIpc) is 3.22. The van der Waals surface area contributed by atoms with Gasteiger partial charge in [0, 0.05) is 29.7 Å². The van der Waals surface area contributed by atoms with Gasteiger partial charge in [-0.2, -0.15) is 0 Å². The lowest BCUT2D eigenvalue weighted by Crippen LogP contribution is -2.28. The second-order valence-corrected chi connectivity index (χ2v) is 7.44. The van der Waals surface area contributed by atoms with Gasteiger partial charge in [-0.15, -0.1) is 0 Å². The van der Waals surface area contributed by atoms with E-state index in [0.29, 0.717) is 0 Å². The van der Waals surface area contributed by atoms with Crippen molar-refractivity contribution in [3.63, 3.8) is 0 Å². The van der Waals surface area contributed by atoms with Crippen molar-refractivity contribution in [1.82, 2.24) is 19.7 Å². The number of aromatic nitrogens is 4. The highest BCUT2D eigenvalue weighted by atomic mass is 16.5. The summed E-state index contributed by atoms with van der Waals surface area (Å²) in [6.45, 7) is 10.4. The van der Waals surface area contributed by atoms with Gasteiger partial charge in [0.2, 0.25) is 0 Å². The number of hydrogen-bond donors (Lipinski definition) is 0. The lowest BCUT2D eigenvalue weighted by atomic mass is 9.99. The van der Waals surface area contributed by atoms with Crippen LogP contribution in [0.5, 0.6) is 0 Å². The maximum atomic E-state index is 5.36. The Kier molecular flexibility index (Phi) is 4.10. The summed E-state index contributed by atoms with van der Waals surface area (Å²) in [5.41, 5.74) is 7.02. The number of fused-ring (bicyclic) bond motifs is 1. The Bertz CT molecular complexity index is 1090. The van der Waals surface area contributed by atoms with Crippen LogP contribution in [0.2, 0.25) is 0 Å². The molecule has 0 saturated heterocycles. The third kappa shape index (κ3) is 2.74. The van der Waals surface area contributed by atoms with Crippen LogP contribution in [-0.2, 0) is 12.0 Å². The van der Waals surface area contributed by atoms with Crippen molar-refractivity contribution in [2.24, 2.45) is 0 Å². The molecular weight excluding hydrogens is 336 g/mol. The number of hydrogen-bond acceptors (Lipinski definition) is 4. The molecule has 4 aromatic rings. The Hall–Kier alpha value is -2.95. The van der Waals surface area contributed by atoms with Crippen molar-refractivity contribution in [3.05, 3.63) is 65.6 Å². The number of rotatable bonds is 4. The van der Waals surface area contributed by atoms with Crippen LogP contribution < -0.4 is 0 Å². The smallest absolute Gasteiger partial charge is 0.141 e. The van der Waals surface area contributed by atoms with E-state index in [4.69, 9.17) is 9.51 Å². The summed E-state index contributed by atoms with van der Waals surface area (Å²) in [5.74, 6) is 0.812. The Morgan fingerprint density at radius 2 is 1.96 bits per heavy atom. The molecule has 0 fully saturated rings. The van der Waals surface area contributed by atoms with Crippen LogP contribution in [0.3, 0.4) is 0 Å². The molecule has 0 bridgehead atoms. The van der Waals surface area contributed by atoms with E-state index >= 15 is 0 Å². The number of pyridine rings is 2. The lowest BCUT2D eigenvalue weighted by molar-refractivity contribution is 0.393. The second kappa shape index (κ2) is 6.34. The maximum absolute atomic E-state index is 5.36. The van der Waals surface area contributed by atoms with Gasteiger partial charge in [-0.05, 0) is 57.9 Å². The van der Waals surface area contributed by atoms with Crippen molar-refractivity contribution < 1.29 is 4.52 Å². The number of nitrogens with zero attached hydrogens (tertiary/aromatic N) is 4. The minimum absolute atomic E-state index is 0.300. The molecule has 5 nitrogen and oxygen atoms in total. The molecule has 4 heterocycles. The standard InChI is InChI=1S/C22H24N4O/c1-6-16-13-26(22(4,5)19-9-7-8-10-23-19)18-11-17(12-24-21(16)18)20-14(2)25-27-15(20)3/h7-13H,6H2,1-5H3. The van der Waals surface area contributed by atoms with Crippen LogP contribution in [0.1, 0.15) is 43.5 Å². The summed E-state index contributed by atoms with van der Waals surface area (Å²) < 4.78 is 7.65. The van der Waals surface area contributed by atoms with Crippen LogP contribution in [-0.4, -0.2) is 19.7 Å². The molecule has 138 valence electrons. The van der Waals surface area contributed by atoms with Crippen molar-refractivity contribution in [1.29, 1.82) is 0 Å². The third-order valence-electron chi connectivity index (χ3n) is 5.31. The molecule has 0 radical (unpaired) electrons. The minimum atomic E-state index is -0.300. The van der Waals surface area contributed by atoms with Crippen molar-refractivity contribution in [2.75, 3.05) is 0 Å². The van der Waals surface area contributed by atoms with Gasteiger partial charge in [-0.3, -0.25) is 9.97 Å². The summed E-state index contributed by atoms with van der Waals surface area (Å²) in [4.78, 5) is 9.41. The van der Waals surface area contributed by atoms with Gasteiger partial charge in [-0.25, -0.2) is 0 Å². The molecule has 0 aromatic carbocycles. The van der Waals surface area contributed by atoms with E-state index in [2.05, 4.69) is 53.8 Å². The Morgan fingerprint density at radius 3 is 2.59 bits per heavy atom. The normalized spacial score (nSPS) is 12.0. The van der Waals surface area contributed by atoms with E-state index in [1.165, 1.54) is 5.56 Å². The Labute approximate surface area is 159 Å². The predicted octanol–water partition coefficient (Wildman–Crippen LogP) is 5.05. The van der Waals surface area contributed by atoms with Gasteiger partial charge in [-0.1, -0.05) is 18.1 Å². The highest BCUT2D eigenvalue weighted by Gasteiger charge is 2.27. The summed E-state index contributed by atoms with van der Waals surface area (Å²) >= 11 is 0. The van der Waals surface area contributed by atoms with E-state index in [-0.39, 0.29) is 5.54 Å². The largest absolute Gasteiger partial charge is 0.361 e. The molecule has 0 N–H and O–H groups in total. The van der Waals surface area contributed by atoms with Crippen LogP contribution in [0.4, 0.5) is 0 Å². The predicted molar refractivity (Wildman–Crippen MR) is 107 cm³/mol. The van der Waals surface area contributed by atoms with Gasteiger partial charge in [0.15, 0.2) is 0 Å². The zero-order valence-corrected chi connectivity index (χ0v) is 16.4. The summed E-state index contributed by atoms with van der Waals surface area (Å²) in [6, 6.07) is 8.24. The first kappa shape index (κ1) is 17.5. The van der Waals surface area contributed by atoms with E-state index in [1.807, 2.05) is 38.4 Å². The monoisotopic (exact) mass is 360 g/mol. The van der Waals surface area contributed by atoms with Crippen LogP contribution in [0, 0.1) is 13.8 Å². The van der Waals surface area contributed by atoms with Gasteiger partial charge in [0.25, 0.3) is 0 Å². The molecule has 0 amide bonds. The molecule has 27 heavy (non-hydrogen) atoms. The van der Waals surface area contributed by atoms with Crippen LogP contribution >= 0.6 is 0 Å². The molecule has 0 unspecified atom stereocenters.